The number of hydrogen-bond acceptors (Lipinski definition) is 8. The number of aromatic nitrogens is 4. The van der Waals surface area contributed by atoms with Crippen molar-refractivity contribution in [3.8, 4) is 0 Å². The van der Waals surface area contributed by atoms with Gasteiger partial charge in [0.1, 0.15) is 6.04 Å². The average Bonchev–Trinajstić information content (AvgIpc) is 3.18. The summed E-state index contributed by atoms with van der Waals surface area (Å²) < 4.78 is 10.1. The van der Waals surface area contributed by atoms with E-state index in [2.05, 4.69) is 20.6 Å². The summed E-state index contributed by atoms with van der Waals surface area (Å²) in [6, 6.07) is -0.549. The van der Waals surface area contributed by atoms with Gasteiger partial charge in [-0.2, -0.15) is 5.21 Å². The molecule has 1 aliphatic heterocycles. The Balaban J connectivity index is 1.62. The van der Waals surface area contributed by atoms with Crippen LogP contribution in [0.25, 0.3) is 0 Å². The number of carbonyl (C=O) groups is 2. The van der Waals surface area contributed by atoms with Crippen LogP contribution in [0.3, 0.4) is 0 Å². The van der Waals surface area contributed by atoms with Crippen LogP contribution in [-0.4, -0.2) is 69.6 Å². The van der Waals surface area contributed by atoms with Gasteiger partial charge in [-0.05, 0) is 55.6 Å². The van der Waals surface area contributed by atoms with Crippen LogP contribution in [0, 0.1) is 17.8 Å². The van der Waals surface area contributed by atoms with Crippen LogP contribution in [0.2, 0.25) is 0 Å². The minimum absolute atomic E-state index is 0.308. The molecule has 1 amide bonds. The molecule has 3 rings (SSSR count). The van der Waals surface area contributed by atoms with Crippen LogP contribution in [-0.2, 0) is 14.3 Å². The van der Waals surface area contributed by atoms with Gasteiger partial charge >= 0.3 is 12.1 Å². The lowest BCUT2D eigenvalue weighted by Gasteiger charge is -2.46. The van der Waals surface area contributed by atoms with Gasteiger partial charge in [0.05, 0.1) is 13.7 Å². The number of aromatic amines is 1. The van der Waals surface area contributed by atoms with Crippen molar-refractivity contribution >= 4 is 23.8 Å². The SMILES string of the molecule is CCOC(=O)[C@H]1C[C@@H]2C[C@@H](CSc3nn[nH]n3)CC[C@@H]2CN1C(=O)OC. The average molecular weight is 383 g/mol. The molecule has 0 radical (unpaired) electrons. The molecule has 0 aromatic carbocycles. The molecule has 0 bridgehead atoms. The monoisotopic (exact) mass is 383 g/mol. The fourth-order valence-corrected chi connectivity index (χ4v) is 4.98. The molecule has 1 saturated heterocycles. The predicted octanol–water partition coefficient (Wildman–Crippen LogP) is 1.73. The number of nitrogens with zero attached hydrogens (tertiary/aromatic N) is 4. The Hall–Kier alpha value is -1.84. The van der Waals surface area contributed by atoms with Crippen LogP contribution in [0.4, 0.5) is 4.79 Å². The van der Waals surface area contributed by atoms with Gasteiger partial charge in [0.25, 0.3) is 0 Å². The minimum atomic E-state index is -0.549. The largest absolute Gasteiger partial charge is 0.464 e. The minimum Gasteiger partial charge on any atom is -0.464 e. The van der Waals surface area contributed by atoms with Crippen molar-refractivity contribution in [3.63, 3.8) is 0 Å². The van der Waals surface area contributed by atoms with Crippen molar-refractivity contribution in [1.82, 2.24) is 25.5 Å². The van der Waals surface area contributed by atoms with E-state index >= 15 is 0 Å². The summed E-state index contributed by atoms with van der Waals surface area (Å²) in [5.41, 5.74) is 0. The molecule has 1 saturated carbocycles. The molecule has 4 atom stereocenters. The van der Waals surface area contributed by atoms with E-state index in [1.54, 1.807) is 23.6 Å². The molecule has 2 fully saturated rings. The topological polar surface area (TPSA) is 110 Å². The molecule has 0 spiro atoms. The Labute approximate surface area is 156 Å². The third-order valence-corrected chi connectivity index (χ3v) is 6.39. The number of rotatable bonds is 5. The molecular formula is C16H25N5O4S. The lowest BCUT2D eigenvalue weighted by molar-refractivity contribution is -0.152. The number of ether oxygens (including phenoxy) is 2. The van der Waals surface area contributed by atoms with Gasteiger partial charge in [-0.25, -0.2) is 9.59 Å². The van der Waals surface area contributed by atoms with Gasteiger partial charge in [0.15, 0.2) is 0 Å². The molecule has 144 valence electrons. The fourth-order valence-electron chi connectivity index (χ4n) is 4.09. The molecule has 1 N–H and O–H groups in total. The second-order valence-electron chi connectivity index (χ2n) is 6.83. The zero-order valence-corrected chi connectivity index (χ0v) is 15.9. The fraction of sp³-hybridized carbons (Fsp3) is 0.812. The summed E-state index contributed by atoms with van der Waals surface area (Å²) in [4.78, 5) is 26.0. The number of fused-ring (bicyclic) bond motifs is 1. The van der Waals surface area contributed by atoms with E-state index in [-0.39, 0.29) is 5.97 Å². The highest BCUT2D eigenvalue weighted by molar-refractivity contribution is 7.99. The molecule has 1 aromatic heterocycles. The van der Waals surface area contributed by atoms with E-state index < -0.39 is 12.1 Å². The second kappa shape index (κ2) is 8.70. The third kappa shape index (κ3) is 4.28. The summed E-state index contributed by atoms with van der Waals surface area (Å²) in [5, 5.41) is 14.6. The van der Waals surface area contributed by atoms with Crippen molar-refractivity contribution in [2.24, 2.45) is 17.8 Å². The van der Waals surface area contributed by atoms with Crippen molar-refractivity contribution in [2.45, 2.75) is 43.8 Å². The zero-order chi connectivity index (χ0) is 18.5. The molecule has 2 aliphatic rings. The number of thioether (sulfide) groups is 1. The van der Waals surface area contributed by atoms with Crippen LogP contribution in [0.15, 0.2) is 5.16 Å². The Morgan fingerprint density at radius 2 is 2.15 bits per heavy atom. The van der Waals surface area contributed by atoms with Gasteiger partial charge in [0, 0.05) is 12.3 Å². The maximum absolute atomic E-state index is 12.4. The molecule has 0 unspecified atom stereocenters. The molecule has 1 aliphatic carbocycles. The number of carbonyl (C=O) groups excluding carboxylic acids is 2. The standard InChI is InChI=1S/C16H25N5O4S/c1-3-25-14(22)13-7-12-6-10(9-26-15-17-19-20-18-15)4-5-11(12)8-21(13)16(23)24-2/h10-13H,3-9H2,1-2H3,(H,17,18,19,20)/t10-,11+,12-,13+/m0/s1. The van der Waals surface area contributed by atoms with Crippen LogP contribution in [0.1, 0.15) is 32.6 Å². The van der Waals surface area contributed by atoms with Crippen LogP contribution < -0.4 is 0 Å². The Kier molecular flexibility index (Phi) is 6.33. The highest BCUT2D eigenvalue weighted by atomic mass is 32.2. The van der Waals surface area contributed by atoms with E-state index in [1.807, 2.05) is 0 Å². The van der Waals surface area contributed by atoms with E-state index in [0.29, 0.717) is 42.5 Å². The maximum Gasteiger partial charge on any atom is 0.410 e. The maximum atomic E-state index is 12.4. The highest BCUT2D eigenvalue weighted by Gasteiger charge is 2.44. The molecule has 1 aromatic rings. The first-order valence-electron chi connectivity index (χ1n) is 8.99. The number of hydrogen-bond donors (Lipinski definition) is 1. The van der Waals surface area contributed by atoms with E-state index in [9.17, 15) is 9.59 Å². The number of likely N-dealkylation sites (tertiary alicyclic amines) is 1. The lowest BCUT2D eigenvalue weighted by atomic mass is 9.69. The highest BCUT2D eigenvalue weighted by Crippen LogP contribution is 2.42. The summed E-state index contributed by atoms with van der Waals surface area (Å²) in [6.07, 6.45) is 3.38. The Bertz CT molecular complexity index is 614. The number of H-pyrrole nitrogens is 1. The summed E-state index contributed by atoms with van der Waals surface area (Å²) in [7, 11) is 1.35. The molecule has 2 heterocycles. The van der Waals surface area contributed by atoms with Crippen molar-refractivity contribution in [2.75, 3.05) is 26.0 Å². The predicted molar refractivity (Wildman–Crippen MR) is 93.4 cm³/mol. The number of esters is 1. The molecule has 10 heteroatoms. The van der Waals surface area contributed by atoms with Crippen molar-refractivity contribution < 1.29 is 19.1 Å². The Morgan fingerprint density at radius 1 is 1.31 bits per heavy atom. The van der Waals surface area contributed by atoms with E-state index in [0.717, 1.165) is 25.0 Å². The van der Waals surface area contributed by atoms with Crippen LogP contribution >= 0.6 is 11.8 Å². The quantitative estimate of drug-likeness (QED) is 0.604. The van der Waals surface area contributed by atoms with Gasteiger partial charge in [-0.1, -0.05) is 11.8 Å². The first-order chi connectivity index (χ1) is 12.6. The number of methoxy groups -OCH3 is 1. The first-order valence-corrected chi connectivity index (χ1v) is 9.98. The number of nitrogens with one attached hydrogen (secondary N) is 1. The molecule has 26 heavy (non-hydrogen) atoms. The number of tetrazole rings is 1. The molecule has 9 nitrogen and oxygen atoms in total. The normalized spacial score (nSPS) is 28.3. The van der Waals surface area contributed by atoms with Gasteiger partial charge in [0.2, 0.25) is 5.16 Å². The van der Waals surface area contributed by atoms with Gasteiger partial charge < -0.3 is 9.47 Å². The number of piperidine rings is 1. The lowest BCUT2D eigenvalue weighted by Crippen LogP contribution is -2.55. The first kappa shape index (κ1) is 18.9. The smallest absolute Gasteiger partial charge is 0.410 e. The summed E-state index contributed by atoms with van der Waals surface area (Å²) in [5.74, 6) is 1.97. The van der Waals surface area contributed by atoms with E-state index in [4.69, 9.17) is 9.47 Å². The van der Waals surface area contributed by atoms with Crippen molar-refractivity contribution in [1.29, 1.82) is 0 Å². The van der Waals surface area contributed by atoms with Gasteiger partial charge in [-0.3, -0.25) is 4.90 Å². The third-order valence-electron chi connectivity index (χ3n) is 5.32. The van der Waals surface area contributed by atoms with Crippen molar-refractivity contribution in [3.05, 3.63) is 0 Å². The summed E-state index contributed by atoms with van der Waals surface area (Å²) >= 11 is 1.61. The Morgan fingerprint density at radius 3 is 2.85 bits per heavy atom. The number of amides is 1. The summed E-state index contributed by atoms with van der Waals surface area (Å²) in [6.45, 7) is 2.64. The van der Waals surface area contributed by atoms with Gasteiger partial charge in [-0.15, -0.1) is 10.2 Å². The van der Waals surface area contributed by atoms with Crippen LogP contribution in [0.5, 0.6) is 0 Å². The van der Waals surface area contributed by atoms with E-state index in [1.165, 1.54) is 7.11 Å². The molecular weight excluding hydrogens is 358 g/mol. The zero-order valence-electron chi connectivity index (χ0n) is 15.1. The second-order valence-corrected chi connectivity index (χ2v) is 7.82.